The van der Waals surface area contributed by atoms with Gasteiger partial charge in [-0.25, -0.2) is 4.39 Å². The van der Waals surface area contributed by atoms with Crippen molar-refractivity contribution in [2.24, 2.45) is 0 Å². The predicted octanol–water partition coefficient (Wildman–Crippen LogP) is 4.68. The van der Waals surface area contributed by atoms with Gasteiger partial charge in [-0.3, -0.25) is 0 Å². The van der Waals surface area contributed by atoms with E-state index in [4.69, 9.17) is 11.6 Å². The van der Waals surface area contributed by atoms with Gasteiger partial charge in [-0.15, -0.1) is 11.3 Å². The van der Waals surface area contributed by atoms with Gasteiger partial charge in [0.15, 0.2) is 0 Å². The maximum Gasteiger partial charge on any atom is 0.123 e. The summed E-state index contributed by atoms with van der Waals surface area (Å²) in [6.07, 6.45) is 0. The molecule has 2 aromatic rings. The summed E-state index contributed by atoms with van der Waals surface area (Å²) in [5.74, 6) is -0.202. The molecule has 1 heterocycles. The van der Waals surface area contributed by atoms with Gasteiger partial charge in [-0.05, 0) is 35.9 Å². The van der Waals surface area contributed by atoms with Crippen molar-refractivity contribution in [3.63, 3.8) is 0 Å². The first-order valence-corrected chi connectivity index (χ1v) is 8.12. The van der Waals surface area contributed by atoms with Gasteiger partial charge in [0.05, 0.1) is 10.9 Å². The summed E-state index contributed by atoms with van der Waals surface area (Å²) in [5.41, 5.74) is 2.00. The highest BCUT2D eigenvalue weighted by molar-refractivity contribution is 7.16. The fourth-order valence-corrected chi connectivity index (χ4v) is 3.28. The highest BCUT2D eigenvalue weighted by atomic mass is 35.5. The van der Waals surface area contributed by atoms with E-state index in [1.54, 1.807) is 17.4 Å². The van der Waals surface area contributed by atoms with Crippen LogP contribution in [-0.4, -0.2) is 13.1 Å². The second-order valence-electron chi connectivity index (χ2n) is 5.37. The Morgan fingerprint density at radius 3 is 2.67 bits per heavy atom. The molecule has 0 aliphatic heterocycles. The summed E-state index contributed by atoms with van der Waals surface area (Å²) in [6.45, 7) is 5.57. The van der Waals surface area contributed by atoms with E-state index in [-0.39, 0.29) is 5.82 Å². The first-order valence-electron chi connectivity index (χ1n) is 6.93. The molecule has 0 saturated heterocycles. The van der Waals surface area contributed by atoms with Gasteiger partial charge in [0, 0.05) is 30.2 Å². The number of halogens is 2. The van der Waals surface area contributed by atoms with E-state index in [1.807, 2.05) is 25.2 Å². The summed E-state index contributed by atoms with van der Waals surface area (Å²) in [5, 5.41) is 3.34. The molecule has 0 spiro atoms. The number of nitrogens with zero attached hydrogens (tertiary/aromatic N) is 1. The van der Waals surface area contributed by atoms with Gasteiger partial charge in [-0.1, -0.05) is 25.4 Å². The van der Waals surface area contributed by atoms with Gasteiger partial charge >= 0.3 is 0 Å². The fraction of sp³-hybridized carbons (Fsp3) is 0.375. The van der Waals surface area contributed by atoms with Crippen LogP contribution in [-0.2, 0) is 13.1 Å². The molecule has 1 aromatic carbocycles. The highest BCUT2D eigenvalue weighted by Gasteiger charge is 2.11. The Labute approximate surface area is 134 Å². The number of anilines is 1. The first kappa shape index (κ1) is 16.3. The molecule has 2 rings (SSSR count). The maximum atomic E-state index is 13.5. The zero-order valence-electron chi connectivity index (χ0n) is 12.5. The lowest BCUT2D eigenvalue weighted by atomic mass is 10.1. The molecule has 0 amide bonds. The monoisotopic (exact) mass is 326 g/mol. The van der Waals surface area contributed by atoms with E-state index in [1.165, 1.54) is 10.9 Å². The van der Waals surface area contributed by atoms with Crippen molar-refractivity contribution >= 4 is 28.6 Å². The fourth-order valence-electron chi connectivity index (χ4n) is 2.14. The molecule has 21 heavy (non-hydrogen) atoms. The van der Waals surface area contributed by atoms with Crippen molar-refractivity contribution in [2.45, 2.75) is 33.0 Å². The Morgan fingerprint density at radius 1 is 1.29 bits per heavy atom. The van der Waals surface area contributed by atoms with E-state index in [0.29, 0.717) is 12.6 Å². The number of rotatable bonds is 6. The smallest absolute Gasteiger partial charge is 0.123 e. The van der Waals surface area contributed by atoms with Crippen molar-refractivity contribution in [3.05, 3.63) is 50.9 Å². The minimum atomic E-state index is -0.202. The van der Waals surface area contributed by atoms with Crippen LogP contribution in [0.2, 0.25) is 4.34 Å². The Morgan fingerprint density at radius 2 is 2.05 bits per heavy atom. The number of hydrogen-bond donors (Lipinski definition) is 1. The van der Waals surface area contributed by atoms with E-state index in [9.17, 15) is 4.39 Å². The molecule has 2 nitrogen and oxygen atoms in total. The summed E-state index contributed by atoms with van der Waals surface area (Å²) in [4.78, 5) is 3.31. The lowest BCUT2D eigenvalue weighted by Gasteiger charge is -2.23. The topological polar surface area (TPSA) is 15.3 Å². The predicted molar refractivity (Wildman–Crippen MR) is 89.8 cm³/mol. The maximum absolute atomic E-state index is 13.5. The normalized spacial score (nSPS) is 11.1. The van der Waals surface area contributed by atoms with E-state index < -0.39 is 0 Å². The Kier molecular flexibility index (Phi) is 5.62. The van der Waals surface area contributed by atoms with Crippen molar-refractivity contribution in [3.8, 4) is 0 Å². The first-order chi connectivity index (χ1) is 9.95. The molecular formula is C16H20ClFN2S. The standard InChI is InChI=1S/C16H20ClFN2S/c1-11(2)19-9-12-8-13(18)4-6-15(12)20(3)10-14-5-7-16(17)21-14/h4-8,11,19H,9-10H2,1-3H3. The van der Waals surface area contributed by atoms with Crippen molar-refractivity contribution in [2.75, 3.05) is 11.9 Å². The molecule has 114 valence electrons. The molecule has 0 saturated carbocycles. The minimum Gasteiger partial charge on any atom is -0.369 e. The molecule has 0 radical (unpaired) electrons. The largest absolute Gasteiger partial charge is 0.369 e. The summed E-state index contributed by atoms with van der Waals surface area (Å²) in [7, 11) is 2.01. The van der Waals surface area contributed by atoms with Gasteiger partial charge in [-0.2, -0.15) is 0 Å². The molecule has 0 aliphatic rings. The van der Waals surface area contributed by atoms with Crippen LogP contribution in [0.25, 0.3) is 0 Å². The molecular weight excluding hydrogens is 307 g/mol. The number of hydrogen-bond acceptors (Lipinski definition) is 3. The molecule has 1 aromatic heterocycles. The van der Waals surface area contributed by atoms with E-state index >= 15 is 0 Å². The minimum absolute atomic E-state index is 0.202. The summed E-state index contributed by atoms with van der Waals surface area (Å²) in [6, 6.07) is 9.24. The van der Waals surface area contributed by atoms with Crippen LogP contribution in [0.4, 0.5) is 10.1 Å². The van der Waals surface area contributed by atoms with Crippen molar-refractivity contribution < 1.29 is 4.39 Å². The third kappa shape index (κ3) is 4.70. The molecule has 0 bridgehead atoms. The van der Waals surface area contributed by atoms with E-state index in [2.05, 4.69) is 24.1 Å². The quantitative estimate of drug-likeness (QED) is 0.829. The second kappa shape index (κ2) is 7.25. The lowest BCUT2D eigenvalue weighted by molar-refractivity contribution is 0.581. The van der Waals surface area contributed by atoms with Crippen LogP contribution >= 0.6 is 22.9 Å². The Hall–Kier alpha value is -1.10. The summed E-state index contributed by atoms with van der Waals surface area (Å²) >= 11 is 7.54. The molecule has 0 fully saturated rings. The molecule has 5 heteroatoms. The van der Waals surface area contributed by atoms with Crippen molar-refractivity contribution in [1.29, 1.82) is 0 Å². The van der Waals surface area contributed by atoms with E-state index in [0.717, 1.165) is 22.1 Å². The van der Waals surface area contributed by atoms with Gasteiger partial charge in [0.25, 0.3) is 0 Å². The van der Waals surface area contributed by atoms with Crippen LogP contribution in [0.5, 0.6) is 0 Å². The number of thiophene rings is 1. The zero-order valence-corrected chi connectivity index (χ0v) is 14.1. The van der Waals surface area contributed by atoms with Crippen LogP contribution in [0.3, 0.4) is 0 Å². The van der Waals surface area contributed by atoms with Crippen molar-refractivity contribution in [1.82, 2.24) is 5.32 Å². The third-order valence-corrected chi connectivity index (χ3v) is 4.39. The van der Waals surface area contributed by atoms with Crippen LogP contribution in [0.1, 0.15) is 24.3 Å². The average molecular weight is 327 g/mol. The Balaban J connectivity index is 2.16. The molecule has 0 aliphatic carbocycles. The Bertz CT molecular complexity index is 598. The third-order valence-electron chi connectivity index (χ3n) is 3.18. The highest BCUT2D eigenvalue weighted by Crippen LogP contribution is 2.26. The molecule has 0 unspecified atom stereocenters. The lowest BCUT2D eigenvalue weighted by Crippen LogP contribution is -2.24. The number of nitrogens with one attached hydrogen (secondary N) is 1. The van der Waals surface area contributed by atoms with Crippen LogP contribution in [0.15, 0.2) is 30.3 Å². The average Bonchev–Trinajstić information content (AvgIpc) is 2.81. The van der Waals surface area contributed by atoms with Gasteiger partial charge < -0.3 is 10.2 Å². The molecule has 0 atom stereocenters. The van der Waals surface area contributed by atoms with Gasteiger partial charge in [0.2, 0.25) is 0 Å². The van der Waals surface area contributed by atoms with Gasteiger partial charge in [0.1, 0.15) is 5.82 Å². The second-order valence-corrected chi connectivity index (χ2v) is 7.17. The van der Waals surface area contributed by atoms with Crippen LogP contribution < -0.4 is 10.2 Å². The number of benzene rings is 1. The zero-order chi connectivity index (χ0) is 15.4. The molecule has 1 N–H and O–H groups in total. The van der Waals surface area contributed by atoms with Crippen LogP contribution in [0, 0.1) is 5.82 Å². The summed E-state index contributed by atoms with van der Waals surface area (Å²) < 4.78 is 14.3. The SMILES string of the molecule is CC(C)NCc1cc(F)ccc1N(C)Cc1ccc(Cl)s1.